The Hall–Kier alpha value is -1.51. The topological polar surface area (TPSA) is 161 Å². The van der Waals surface area contributed by atoms with Gasteiger partial charge in [0.25, 0.3) is 5.91 Å². The number of carbonyl (C=O) groups excluding carboxylic acids is 2. The molecule has 1 spiro atoms. The number of nitrogens with two attached hydrogens (primary N) is 1. The minimum absolute atomic E-state index is 0.0821. The molecular weight excluding hydrogens is 372 g/mol. The van der Waals surface area contributed by atoms with Gasteiger partial charge in [-0.2, -0.15) is 13.5 Å². The van der Waals surface area contributed by atoms with Crippen LogP contribution in [0.5, 0.6) is 0 Å². The molecule has 4 N–H and O–H groups in total. The Balaban J connectivity index is 1.51. The summed E-state index contributed by atoms with van der Waals surface area (Å²) < 4.78 is 40.8. The number of ether oxygens (including phenoxy) is 1. The van der Waals surface area contributed by atoms with Gasteiger partial charge in [-0.1, -0.05) is 0 Å². The highest BCUT2D eigenvalue weighted by molar-refractivity contribution is 7.80. The molecule has 0 aromatic rings. The van der Waals surface area contributed by atoms with E-state index in [4.69, 9.17) is 19.9 Å². The van der Waals surface area contributed by atoms with Crippen LogP contribution in [0, 0.1) is 5.41 Å². The molecule has 146 valence electrons. The number of hydrogen-bond acceptors (Lipinski definition) is 8. The van der Waals surface area contributed by atoms with Gasteiger partial charge in [-0.05, 0) is 19.3 Å². The molecule has 0 aromatic carbocycles. The average molecular weight is 392 g/mol. The van der Waals surface area contributed by atoms with E-state index in [1.165, 1.54) is 4.90 Å². The zero-order valence-electron chi connectivity index (χ0n) is 13.7. The second-order valence-electron chi connectivity index (χ2n) is 7.22. The Bertz CT molecular complexity index is 726. The first-order chi connectivity index (χ1) is 12.2. The van der Waals surface area contributed by atoms with Crippen LogP contribution in [0.3, 0.4) is 0 Å². The van der Waals surface area contributed by atoms with Crippen LogP contribution in [0.2, 0.25) is 0 Å². The second kappa shape index (κ2) is 6.00. The van der Waals surface area contributed by atoms with E-state index in [-0.39, 0.29) is 38.3 Å². The van der Waals surface area contributed by atoms with Crippen LogP contribution in [0.4, 0.5) is 4.79 Å². The van der Waals surface area contributed by atoms with E-state index in [2.05, 4.69) is 9.76 Å². The molecule has 1 aliphatic carbocycles. The molecule has 12 nitrogen and oxygen atoms in total. The summed E-state index contributed by atoms with van der Waals surface area (Å²) in [7, 11) is -4.88. The summed E-state index contributed by atoms with van der Waals surface area (Å²) in [5.41, 5.74) is 7.49. The first kappa shape index (κ1) is 17.9. The molecule has 3 aliphatic heterocycles. The smallest absolute Gasteiger partial charge is 0.380 e. The van der Waals surface area contributed by atoms with Crippen LogP contribution in [-0.4, -0.2) is 78.9 Å². The first-order valence-corrected chi connectivity index (χ1v) is 9.62. The van der Waals surface area contributed by atoms with Crippen LogP contribution < -0.4 is 11.2 Å². The lowest BCUT2D eigenvalue weighted by atomic mass is 9.71. The highest BCUT2D eigenvalue weighted by atomic mass is 32.3. The van der Waals surface area contributed by atoms with E-state index in [0.717, 1.165) is 12.8 Å². The SMILES string of the molecule is NC1CCC1ONC(=O)C1CC2(COC2)C2CN1C(=O)N2OS(=O)(=O)O. The van der Waals surface area contributed by atoms with E-state index in [1.54, 1.807) is 0 Å². The Kier molecular flexibility index (Phi) is 4.13. The monoisotopic (exact) mass is 392 g/mol. The van der Waals surface area contributed by atoms with Gasteiger partial charge in [-0.25, -0.2) is 10.3 Å². The third-order valence-corrected chi connectivity index (χ3v) is 5.95. The Morgan fingerprint density at radius 3 is 2.62 bits per heavy atom. The van der Waals surface area contributed by atoms with Crippen LogP contribution in [0.25, 0.3) is 0 Å². The molecule has 3 amide bonds. The fraction of sp³-hybridized carbons (Fsp3) is 0.846. The summed E-state index contributed by atoms with van der Waals surface area (Å²) >= 11 is 0. The molecule has 4 rings (SSSR count). The summed E-state index contributed by atoms with van der Waals surface area (Å²) in [5.74, 6) is -0.518. The lowest BCUT2D eigenvalue weighted by Crippen LogP contribution is -2.63. The Morgan fingerprint density at radius 2 is 2.12 bits per heavy atom. The van der Waals surface area contributed by atoms with Crippen molar-refractivity contribution in [2.75, 3.05) is 19.8 Å². The van der Waals surface area contributed by atoms with Crippen molar-refractivity contribution in [3.8, 4) is 0 Å². The average Bonchev–Trinajstić information content (AvgIpc) is 2.78. The molecule has 4 atom stereocenters. The quantitative estimate of drug-likeness (QED) is 0.360. The van der Waals surface area contributed by atoms with Gasteiger partial charge in [0, 0.05) is 18.0 Å². The van der Waals surface area contributed by atoms with Gasteiger partial charge < -0.3 is 15.4 Å². The fourth-order valence-corrected chi connectivity index (χ4v) is 4.24. The maximum Gasteiger partial charge on any atom is 0.418 e. The molecule has 0 aromatic heterocycles. The first-order valence-electron chi connectivity index (χ1n) is 8.26. The third-order valence-electron chi connectivity index (χ3n) is 5.60. The van der Waals surface area contributed by atoms with E-state index < -0.39 is 39.8 Å². The minimum Gasteiger partial charge on any atom is -0.380 e. The van der Waals surface area contributed by atoms with Crippen LogP contribution in [0.15, 0.2) is 0 Å². The van der Waals surface area contributed by atoms with Gasteiger partial charge in [0.1, 0.15) is 12.1 Å². The molecule has 1 saturated carbocycles. The van der Waals surface area contributed by atoms with Crippen molar-refractivity contribution in [2.24, 2.45) is 11.1 Å². The summed E-state index contributed by atoms with van der Waals surface area (Å²) in [6, 6.07) is -2.45. The van der Waals surface area contributed by atoms with Crippen molar-refractivity contribution >= 4 is 22.3 Å². The molecule has 26 heavy (non-hydrogen) atoms. The number of nitrogens with one attached hydrogen (secondary N) is 1. The normalized spacial score (nSPS) is 35.2. The van der Waals surface area contributed by atoms with E-state index in [0.29, 0.717) is 5.06 Å². The summed E-state index contributed by atoms with van der Waals surface area (Å²) in [6.45, 7) is 0.587. The lowest BCUT2D eigenvalue weighted by Gasteiger charge is -2.50. The Morgan fingerprint density at radius 1 is 1.38 bits per heavy atom. The number of urea groups is 1. The molecule has 3 heterocycles. The van der Waals surface area contributed by atoms with E-state index in [9.17, 15) is 18.0 Å². The molecule has 3 saturated heterocycles. The third kappa shape index (κ3) is 2.84. The molecule has 2 bridgehead atoms. The van der Waals surface area contributed by atoms with Gasteiger partial charge in [0.05, 0.1) is 19.3 Å². The second-order valence-corrected chi connectivity index (χ2v) is 8.22. The number of rotatable bonds is 5. The standard InChI is InChI=1S/C13H20N4O8S/c14-7-1-2-9(7)24-15-11(18)8-3-13(5-23-6-13)10-4-16(8)12(19)17(10)25-26(20,21)22/h7-10H,1-6,14H2,(H,15,18)(H,20,21,22). The summed E-state index contributed by atoms with van der Waals surface area (Å²) in [5, 5.41) is 0.619. The molecule has 4 fully saturated rings. The maximum atomic E-state index is 12.6. The van der Waals surface area contributed by atoms with Crippen molar-refractivity contribution in [1.29, 1.82) is 0 Å². The van der Waals surface area contributed by atoms with Gasteiger partial charge in [0.15, 0.2) is 0 Å². The van der Waals surface area contributed by atoms with Crippen LogP contribution >= 0.6 is 0 Å². The Labute approximate surface area is 149 Å². The fourth-order valence-electron chi connectivity index (χ4n) is 3.87. The molecule has 4 unspecified atom stereocenters. The van der Waals surface area contributed by atoms with Crippen LogP contribution in [-0.2, 0) is 29.1 Å². The number of hydroxylamine groups is 3. The zero-order valence-corrected chi connectivity index (χ0v) is 14.6. The van der Waals surface area contributed by atoms with Gasteiger partial charge in [-0.3, -0.25) is 14.2 Å². The van der Waals surface area contributed by atoms with E-state index in [1.807, 2.05) is 0 Å². The molecule has 13 heteroatoms. The zero-order chi connectivity index (χ0) is 18.7. The van der Waals surface area contributed by atoms with Gasteiger partial charge >= 0.3 is 16.4 Å². The highest BCUT2D eigenvalue weighted by Crippen LogP contribution is 2.47. The van der Waals surface area contributed by atoms with Crippen LogP contribution in [0.1, 0.15) is 19.3 Å². The lowest BCUT2D eigenvalue weighted by molar-refractivity contribution is -0.195. The van der Waals surface area contributed by atoms with Crippen molar-refractivity contribution in [2.45, 2.75) is 43.5 Å². The number of hydrogen-bond donors (Lipinski definition) is 3. The number of piperidine rings is 1. The molecule has 4 aliphatic rings. The van der Waals surface area contributed by atoms with Gasteiger partial charge in [-0.15, -0.1) is 4.28 Å². The highest BCUT2D eigenvalue weighted by Gasteiger charge is 2.63. The number of fused-ring (bicyclic) bond motifs is 3. The summed E-state index contributed by atoms with van der Waals surface area (Å²) in [6.07, 6.45) is 1.56. The number of amides is 3. The largest absolute Gasteiger partial charge is 0.418 e. The predicted molar refractivity (Wildman–Crippen MR) is 82.2 cm³/mol. The molecular formula is C13H20N4O8S. The number of nitrogens with zero attached hydrogens (tertiary/aromatic N) is 2. The minimum atomic E-state index is -4.88. The maximum absolute atomic E-state index is 12.6. The van der Waals surface area contributed by atoms with Crippen molar-refractivity contribution in [3.05, 3.63) is 0 Å². The summed E-state index contributed by atoms with van der Waals surface area (Å²) in [4.78, 5) is 31.6. The predicted octanol–water partition coefficient (Wildman–Crippen LogP) is -1.85. The number of carbonyl (C=O) groups is 2. The van der Waals surface area contributed by atoms with Gasteiger partial charge in [0.2, 0.25) is 0 Å². The molecule has 0 radical (unpaired) electrons. The van der Waals surface area contributed by atoms with E-state index >= 15 is 0 Å². The van der Waals surface area contributed by atoms with Crippen molar-refractivity contribution in [1.82, 2.24) is 15.4 Å². The van der Waals surface area contributed by atoms with Crippen molar-refractivity contribution < 1.29 is 36.4 Å². The van der Waals surface area contributed by atoms with Crippen molar-refractivity contribution in [3.63, 3.8) is 0 Å².